The SMILES string of the molecule is Cc1cc(=O)[nH]n1C(C)c1nc(N)no1. The van der Waals surface area contributed by atoms with E-state index in [1.165, 1.54) is 6.07 Å². The molecule has 0 aliphatic heterocycles. The Hall–Kier alpha value is -2.05. The van der Waals surface area contributed by atoms with Crippen molar-refractivity contribution >= 4 is 5.95 Å². The summed E-state index contributed by atoms with van der Waals surface area (Å²) in [5.74, 6) is 0.450. The van der Waals surface area contributed by atoms with Gasteiger partial charge in [-0.3, -0.25) is 14.6 Å². The molecule has 7 heteroatoms. The van der Waals surface area contributed by atoms with Crippen molar-refractivity contribution in [1.82, 2.24) is 19.9 Å². The number of nitrogen functional groups attached to an aromatic ring is 1. The minimum Gasteiger partial charge on any atom is -0.365 e. The molecule has 1 atom stereocenters. The number of aromatic amines is 1. The average molecular weight is 209 g/mol. The predicted octanol–water partition coefficient (Wildman–Crippen LogP) is 0.0593. The van der Waals surface area contributed by atoms with E-state index in [2.05, 4.69) is 15.2 Å². The normalized spacial score (nSPS) is 12.9. The standard InChI is InChI=1S/C8H11N5O2/c1-4-3-6(14)11-13(4)5(2)7-10-8(9)12-15-7/h3,5H,1-2H3,(H2,9,12)(H,11,14). The highest BCUT2D eigenvalue weighted by Gasteiger charge is 2.16. The molecule has 0 spiro atoms. The first-order valence-electron chi connectivity index (χ1n) is 4.45. The van der Waals surface area contributed by atoms with Crippen molar-refractivity contribution in [2.45, 2.75) is 19.9 Å². The van der Waals surface area contributed by atoms with Gasteiger partial charge in [0.25, 0.3) is 17.4 Å². The van der Waals surface area contributed by atoms with Gasteiger partial charge in [-0.1, -0.05) is 0 Å². The molecule has 0 saturated heterocycles. The fraction of sp³-hybridized carbons (Fsp3) is 0.375. The van der Waals surface area contributed by atoms with Crippen LogP contribution < -0.4 is 11.3 Å². The number of nitrogens with two attached hydrogens (primary N) is 1. The van der Waals surface area contributed by atoms with Crippen molar-refractivity contribution < 1.29 is 4.52 Å². The maximum atomic E-state index is 11.1. The zero-order chi connectivity index (χ0) is 11.0. The zero-order valence-electron chi connectivity index (χ0n) is 8.39. The number of rotatable bonds is 2. The molecular formula is C8H11N5O2. The monoisotopic (exact) mass is 209 g/mol. The van der Waals surface area contributed by atoms with Crippen LogP contribution in [-0.2, 0) is 0 Å². The molecule has 0 aliphatic rings. The van der Waals surface area contributed by atoms with Crippen LogP contribution in [0.3, 0.4) is 0 Å². The maximum Gasteiger partial charge on any atom is 0.264 e. The molecule has 0 amide bonds. The topological polar surface area (TPSA) is 103 Å². The largest absolute Gasteiger partial charge is 0.365 e. The minimum absolute atomic E-state index is 0.0870. The molecule has 2 rings (SSSR count). The summed E-state index contributed by atoms with van der Waals surface area (Å²) in [6.07, 6.45) is 0. The summed E-state index contributed by atoms with van der Waals surface area (Å²) in [5, 5.41) is 6.13. The van der Waals surface area contributed by atoms with E-state index >= 15 is 0 Å². The Morgan fingerprint density at radius 2 is 2.40 bits per heavy atom. The summed E-state index contributed by atoms with van der Waals surface area (Å²) in [5.41, 5.74) is 5.98. The lowest BCUT2D eigenvalue weighted by Gasteiger charge is -2.09. The number of hydrogen-bond acceptors (Lipinski definition) is 5. The Bertz CT molecular complexity index is 523. The molecule has 0 aromatic carbocycles. The highest BCUT2D eigenvalue weighted by molar-refractivity contribution is 5.12. The minimum atomic E-state index is -0.238. The lowest BCUT2D eigenvalue weighted by atomic mass is 10.3. The van der Waals surface area contributed by atoms with Crippen LogP contribution in [0.2, 0.25) is 0 Å². The van der Waals surface area contributed by atoms with Gasteiger partial charge in [-0.15, -0.1) is 0 Å². The van der Waals surface area contributed by atoms with E-state index in [-0.39, 0.29) is 17.5 Å². The van der Waals surface area contributed by atoms with Crippen molar-refractivity contribution in [3.05, 3.63) is 28.0 Å². The smallest absolute Gasteiger partial charge is 0.264 e. The summed E-state index contributed by atoms with van der Waals surface area (Å²) in [6.45, 7) is 3.64. The lowest BCUT2D eigenvalue weighted by Crippen LogP contribution is -2.13. The van der Waals surface area contributed by atoms with E-state index in [9.17, 15) is 4.79 Å². The molecule has 0 aliphatic carbocycles. The number of hydrogen-bond donors (Lipinski definition) is 2. The second-order valence-electron chi connectivity index (χ2n) is 3.30. The van der Waals surface area contributed by atoms with Crippen molar-refractivity contribution in [1.29, 1.82) is 0 Å². The molecule has 0 fully saturated rings. The van der Waals surface area contributed by atoms with Crippen LogP contribution >= 0.6 is 0 Å². The Morgan fingerprint density at radius 1 is 1.67 bits per heavy atom. The maximum absolute atomic E-state index is 11.1. The van der Waals surface area contributed by atoms with Gasteiger partial charge < -0.3 is 10.3 Å². The summed E-state index contributed by atoms with van der Waals surface area (Å²) >= 11 is 0. The number of anilines is 1. The Kier molecular flexibility index (Phi) is 2.07. The third-order valence-corrected chi connectivity index (χ3v) is 2.15. The second kappa shape index (κ2) is 3.26. The molecule has 0 saturated carbocycles. The molecule has 1 unspecified atom stereocenters. The summed E-state index contributed by atoms with van der Waals surface area (Å²) in [4.78, 5) is 15.0. The van der Waals surface area contributed by atoms with Gasteiger partial charge in [0.1, 0.15) is 6.04 Å². The second-order valence-corrected chi connectivity index (χ2v) is 3.30. The van der Waals surface area contributed by atoms with Crippen LogP contribution in [0.5, 0.6) is 0 Å². The van der Waals surface area contributed by atoms with E-state index in [0.29, 0.717) is 5.89 Å². The Balaban J connectivity index is 2.39. The fourth-order valence-corrected chi connectivity index (χ4v) is 1.43. The van der Waals surface area contributed by atoms with Crippen molar-refractivity contribution in [3.63, 3.8) is 0 Å². The average Bonchev–Trinajstić information content (AvgIpc) is 2.71. The summed E-state index contributed by atoms with van der Waals surface area (Å²) < 4.78 is 6.56. The molecule has 15 heavy (non-hydrogen) atoms. The van der Waals surface area contributed by atoms with Gasteiger partial charge >= 0.3 is 0 Å². The number of nitrogens with zero attached hydrogens (tertiary/aromatic N) is 3. The van der Waals surface area contributed by atoms with Gasteiger partial charge in [-0.25, -0.2) is 0 Å². The van der Waals surface area contributed by atoms with Crippen molar-refractivity contribution in [3.8, 4) is 0 Å². The highest BCUT2D eigenvalue weighted by Crippen LogP contribution is 2.15. The van der Waals surface area contributed by atoms with Gasteiger partial charge in [-0.2, -0.15) is 4.98 Å². The van der Waals surface area contributed by atoms with Crippen LogP contribution in [0.15, 0.2) is 15.4 Å². The van der Waals surface area contributed by atoms with E-state index in [0.717, 1.165) is 5.69 Å². The van der Waals surface area contributed by atoms with Gasteiger partial charge in [-0.05, 0) is 19.0 Å². The van der Waals surface area contributed by atoms with Gasteiger partial charge in [0.05, 0.1) is 0 Å². The molecule has 0 radical (unpaired) electrons. The molecule has 2 aromatic heterocycles. The predicted molar refractivity (Wildman–Crippen MR) is 52.3 cm³/mol. The lowest BCUT2D eigenvalue weighted by molar-refractivity contribution is 0.334. The molecule has 80 valence electrons. The quantitative estimate of drug-likeness (QED) is 0.727. The van der Waals surface area contributed by atoms with Gasteiger partial charge in [0.15, 0.2) is 0 Å². The first-order valence-corrected chi connectivity index (χ1v) is 4.45. The van der Waals surface area contributed by atoms with E-state index in [4.69, 9.17) is 10.3 Å². The van der Waals surface area contributed by atoms with E-state index in [1.807, 2.05) is 13.8 Å². The fourth-order valence-electron chi connectivity index (χ4n) is 1.43. The molecule has 7 nitrogen and oxygen atoms in total. The third-order valence-electron chi connectivity index (χ3n) is 2.15. The van der Waals surface area contributed by atoms with E-state index in [1.54, 1.807) is 4.68 Å². The Morgan fingerprint density at radius 3 is 2.87 bits per heavy atom. The van der Waals surface area contributed by atoms with E-state index < -0.39 is 0 Å². The molecule has 2 heterocycles. The highest BCUT2D eigenvalue weighted by atomic mass is 16.5. The number of aryl methyl sites for hydroxylation is 1. The number of aromatic nitrogens is 4. The van der Waals surface area contributed by atoms with Crippen LogP contribution in [0.1, 0.15) is 24.6 Å². The van der Waals surface area contributed by atoms with Crippen LogP contribution in [0.4, 0.5) is 5.95 Å². The zero-order valence-corrected chi connectivity index (χ0v) is 8.39. The van der Waals surface area contributed by atoms with Crippen LogP contribution in [0.25, 0.3) is 0 Å². The first kappa shape index (κ1) is 9.50. The number of H-pyrrole nitrogens is 1. The Labute approximate surface area is 84.9 Å². The third kappa shape index (κ3) is 1.63. The van der Waals surface area contributed by atoms with Gasteiger partial charge in [0.2, 0.25) is 0 Å². The molecule has 0 bridgehead atoms. The molecular weight excluding hydrogens is 198 g/mol. The molecule has 3 N–H and O–H groups in total. The number of nitrogens with one attached hydrogen (secondary N) is 1. The van der Waals surface area contributed by atoms with Crippen LogP contribution in [-0.4, -0.2) is 19.9 Å². The van der Waals surface area contributed by atoms with Crippen molar-refractivity contribution in [2.75, 3.05) is 5.73 Å². The summed E-state index contributed by atoms with van der Waals surface area (Å²) in [6, 6.07) is 1.26. The molecule has 2 aromatic rings. The van der Waals surface area contributed by atoms with Crippen molar-refractivity contribution in [2.24, 2.45) is 0 Å². The van der Waals surface area contributed by atoms with Crippen LogP contribution in [0, 0.1) is 6.92 Å². The first-order chi connectivity index (χ1) is 7.08. The summed E-state index contributed by atoms with van der Waals surface area (Å²) in [7, 11) is 0. The van der Waals surface area contributed by atoms with Gasteiger partial charge in [0, 0.05) is 11.8 Å².